The number of benzene rings is 1. The molecule has 0 radical (unpaired) electrons. The molecule has 1 amide bonds. The molecule has 6 nitrogen and oxygen atoms in total. The second kappa shape index (κ2) is 9.44. The van der Waals surface area contributed by atoms with E-state index in [1.807, 2.05) is 19.9 Å². The van der Waals surface area contributed by atoms with Crippen molar-refractivity contribution in [3.63, 3.8) is 0 Å². The first-order chi connectivity index (χ1) is 15.6. The minimum absolute atomic E-state index is 0.273. The monoisotopic (exact) mass is 451 g/mol. The third kappa shape index (κ3) is 4.34. The molecule has 4 aromatic rings. The molecule has 1 aromatic carbocycles. The van der Waals surface area contributed by atoms with Crippen LogP contribution in [0.25, 0.3) is 22.6 Å². The highest BCUT2D eigenvalue weighted by Crippen LogP contribution is 2.36. The number of carbonyl (C=O) groups excluding carboxylic acids is 1. The SMILES string of the molecule is CC.O=C(Nc1ccc(C2CCC2)nc1Cl)c1ccnc2nc(-c3ccc(F)cc3)[nH]c12. The highest BCUT2D eigenvalue weighted by atomic mass is 35.5. The van der Waals surface area contributed by atoms with Crippen LogP contribution in [-0.4, -0.2) is 25.8 Å². The van der Waals surface area contributed by atoms with Crippen LogP contribution in [0.3, 0.4) is 0 Å². The molecule has 1 aliphatic carbocycles. The van der Waals surface area contributed by atoms with Crippen molar-refractivity contribution in [2.24, 2.45) is 0 Å². The summed E-state index contributed by atoms with van der Waals surface area (Å²) in [6, 6.07) is 11.2. The summed E-state index contributed by atoms with van der Waals surface area (Å²) in [7, 11) is 0. The van der Waals surface area contributed by atoms with Gasteiger partial charge in [0, 0.05) is 23.4 Å². The van der Waals surface area contributed by atoms with E-state index in [-0.39, 0.29) is 16.9 Å². The highest BCUT2D eigenvalue weighted by Gasteiger charge is 2.22. The molecular formula is C24H23ClFN5O. The van der Waals surface area contributed by atoms with Gasteiger partial charge in [0.15, 0.2) is 10.8 Å². The number of imidazole rings is 1. The first-order valence-corrected chi connectivity index (χ1v) is 11.0. The Labute approximate surface area is 190 Å². The lowest BCUT2D eigenvalue weighted by Crippen LogP contribution is -2.15. The normalized spacial score (nSPS) is 13.2. The summed E-state index contributed by atoms with van der Waals surface area (Å²) in [5.41, 5.74) is 3.37. The van der Waals surface area contributed by atoms with Gasteiger partial charge in [-0.05, 0) is 55.3 Å². The number of aromatic amines is 1. The summed E-state index contributed by atoms with van der Waals surface area (Å²) >= 11 is 6.31. The molecule has 0 spiro atoms. The maximum absolute atomic E-state index is 13.2. The molecule has 2 N–H and O–H groups in total. The minimum Gasteiger partial charge on any atom is -0.336 e. The van der Waals surface area contributed by atoms with Crippen LogP contribution in [0.15, 0.2) is 48.7 Å². The number of carbonyl (C=O) groups is 1. The first kappa shape index (κ1) is 21.9. The van der Waals surface area contributed by atoms with Crippen molar-refractivity contribution in [3.8, 4) is 11.4 Å². The molecule has 0 bridgehead atoms. The van der Waals surface area contributed by atoms with Gasteiger partial charge in [0.1, 0.15) is 11.6 Å². The Morgan fingerprint density at radius 2 is 1.84 bits per heavy atom. The molecule has 8 heteroatoms. The molecule has 0 unspecified atom stereocenters. The van der Waals surface area contributed by atoms with E-state index in [0.29, 0.717) is 39.7 Å². The zero-order chi connectivity index (χ0) is 22.7. The summed E-state index contributed by atoms with van der Waals surface area (Å²) in [5.74, 6) is 0.280. The van der Waals surface area contributed by atoms with Gasteiger partial charge < -0.3 is 10.3 Å². The smallest absolute Gasteiger partial charge is 0.258 e. The number of hydrogen-bond donors (Lipinski definition) is 2. The van der Waals surface area contributed by atoms with Gasteiger partial charge in [0.05, 0.1) is 16.8 Å². The van der Waals surface area contributed by atoms with E-state index in [4.69, 9.17) is 11.6 Å². The lowest BCUT2D eigenvalue weighted by molar-refractivity contribution is 0.102. The van der Waals surface area contributed by atoms with Crippen molar-refractivity contribution in [2.45, 2.75) is 39.0 Å². The van der Waals surface area contributed by atoms with E-state index in [9.17, 15) is 9.18 Å². The van der Waals surface area contributed by atoms with E-state index in [1.165, 1.54) is 24.8 Å². The summed E-state index contributed by atoms with van der Waals surface area (Å²) in [5, 5.41) is 3.09. The molecule has 0 aliphatic heterocycles. The van der Waals surface area contributed by atoms with E-state index in [0.717, 1.165) is 18.5 Å². The van der Waals surface area contributed by atoms with Crippen molar-refractivity contribution in [1.29, 1.82) is 0 Å². The second-order valence-electron chi connectivity index (χ2n) is 7.31. The molecule has 1 aliphatic rings. The number of rotatable bonds is 4. The zero-order valence-electron chi connectivity index (χ0n) is 17.8. The van der Waals surface area contributed by atoms with Gasteiger partial charge in [-0.1, -0.05) is 31.9 Å². The van der Waals surface area contributed by atoms with Gasteiger partial charge in [0.2, 0.25) is 0 Å². The molecule has 32 heavy (non-hydrogen) atoms. The second-order valence-corrected chi connectivity index (χ2v) is 7.66. The quantitative estimate of drug-likeness (QED) is 0.353. The molecule has 3 aromatic heterocycles. The summed E-state index contributed by atoms with van der Waals surface area (Å²) in [6.45, 7) is 4.00. The molecule has 0 saturated heterocycles. The number of anilines is 1. The van der Waals surface area contributed by atoms with Crippen LogP contribution < -0.4 is 5.32 Å². The Kier molecular flexibility index (Phi) is 6.46. The van der Waals surface area contributed by atoms with Crippen molar-refractivity contribution in [3.05, 3.63) is 70.9 Å². The molecule has 1 fully saturated rings. The Balaban J connectivity index is 0.00000119. The van der Waals surface area contributed by atoms with Gasteiger partial charge in [-0.15, -0.1) is 0 Å². The van der Waals surface area contributed by atoms with Gasteiger partial charge in [-0.2, -0.15) is 0 Å². The molecule has 0 atom stereocenters. The largest absolute Gasteiger partial charge is 0.336 e. The Morgan fingerprint density at radius 1 is 1.09 bits per heavy atom. The van der Waals surface area contributed by atoms with Crippen LogP contribution in [-0.2, 0) is 0 Å². The standard InChI is InChI=1S/C22H17ClFN5O.C2H6/c23-19-17(9-8-16(26-19)12-2-1-3-12)27-22(30)15-10-11-25-21-18(15)28-20(29-21)13-4-6-14(24)7-5-13;1-2/h4-12H,1-3H2,(H,27,30)(H,25,28,29);1-2H3. The fourth-order valence-electron chi connectivity index (χ4n) is 3.51. The van der Waals surface area contributed by atoms with Crippen molar-refractivity contribution < 1.29 is 9.18 Å². The van der Waals surface area contributed by atoms with Gasteiger partial charge in [-0.25, -0.2) is 19.3 Å². The molecule has 3 heterocycles. The number of pyridine rings is 2. The maximum Gasteiger partial charge on any atom is 0.258 e. The maximum atomic E-state index is 13.2. The van der Waals surface area contributed by atoms with Crippen molar-refractivity contribution >= 4 is 34.4 Å². The average Bonchev–Trinajstić information content (AvgIpc) is 3.20. The predicted octanol–water partition coefficient (Wildman–Crippen LogP) is 6.36. The average molecular weight is 452 g/mol. The van der Waals surface area contributed by atoms with E-state index < -0.39 is 0 Å². The number of halogens is 2. The number of amides is 1. The third-order valence-electron chi connectivity index (χ3n) is 5.40. The molecule has 164 valence electrons. The molecular weight excluding hydrogens is 429 g/mol. The van der Waals surface area contributed by atoms with Gasteiger partial charge >= 0.3 is 0 Å². The Morgan fingerprint density at radius 3 is 2.50 bits per heavy atom. The summed E-state index contributed by atoms with van der Waals surface area (Å²) in [4.78, 5) is 29.1. The zero-order valence-corrected chi connectivity index (χ0v) is 18.6. The molecule has 1 saturated carbocycles. The van der Waals surface area contributed by atoms with Crippen LogP contribution in [0.1, 0.15) is 55.1 Å². The number of fused-ring (bicyclic) bond motifs is 1. The Hall–Kier alpha value is -3.32. The fourth-order valence-corrected chi connectivity index (χ4v) is 3.72. The van der Waals surface area contributed by atoms with Gasteiger partial charge in [0.25, 0.3) is 5.91 Å². The highest BCUT2D eigenvalue weighted by molar-refractivity contribution is 6.32. The van der Waals surface area contributed by atoms with Crippen LogP contribution >= 0.6 is 11.6 Å². The van der Waals surface area contributed by atoms with Crippen LogP contribution in [0, 0.1) is 5.82 Å². The van der Waals surface area contributed by atoms with E-state index >= 15 is 0 Å². The lowest BCUT2D eigenvalue weighted by Gasteiger charge is -2.25. The summed E-state index contributed by atoms with van der Waals surface area (Å²) in [6.07, 6.45) is 4.98. The van der Waals surface area contributed by atoms with Gasteiger partial charge in [-0.3, -0.25) is 4.79 Å². The van der Waals surface area contributed by atoms with Crippen LogP contribution in [0.4, 0.5) is 10.1 Å². The number of nitrogens with one attached hydrogen (secondary N) is 2. The summed E-state index contributed by atoms with van der Waals surface area (Å²) < 4.78 is 13.2. The molecule has 5 rings (SSSR count). The lowest BCUT2D eigenvalue weighted by atomic mass is 9.83. The van der Waals surface area contributed by atoms with Crippen LogP contribution in [0.5, 0.6) is 0 Å². The number of H-pyrrole nitrogens is 1. The predicted molar refractivity (Wildman–Crippen MR) is 124 cm³/mol. The van der Waals surface area contributed by atoms with Crippen LogP contribution in [0.2, 0.25) is 5.15 Å². The fraction of sp³-hybridized carbons (Fsp3) is 0.250. The van der Waals surface area contributed by atoms with E-state index in [2.05, 4.69) is 25.3 Å². The third-order valence-corrected chi connectivity index (χ3v) is 5.68. The Bertz CT molecular complexity index is 1250. The topological polar surface area (TPSA) is 83.6 Å². The van der Waals surface area contributed by atoms with Crippen molar-refractivity contribution in [1.82, 2.24) is 19.9 Å². The minimum atomic E-state index is -0.350. The van der Waals surface area contributed by atoms with E-state index in [1.54, 1.807) is 24.3 Å². The first-order valence-electron chi connectivity index (χ1n) is 10.7. The number of hydrogen-bond acceptors (Lipinski definition) is 4. The number of nitrogens with zero attached hydrogens (tertiary/aromatic N) is 3. The van der Waals surface area contributed by atoms with Crippen molar-refractivity contribution in [2.75, 3.05) is 5.32 Å². The number of aromatic nitrogens is 4.